The van der Waals surface area contributed by atoms with E-state index in [0.717, 1.165) is 19.3 Å². The summed E-state index contributed by atoms with van der Waals surface area (Å²) in [7, 11) is 0. The molecule has 0 saturated heterocycles. The largest absolute Gasteiger partial charge is 0.379 e. The van der Waals surface area contributed by atoms with E-state index in [1.54, 1.807) is 0 Å². The Morgan fingerprint density at radius 3 is 2.90 bits per heavy atom. The quantitative estimate of drug-likeness (QED) is 0.709. The van der Waals surface area contributed by atoms with Gasteiger partial charge in [0.2, 0.25) is 5.91 Å². The molecule has 1 amide bonds. The molecule has 0 atom stereocenters. The second kappa shape index (κ2) is 6.74. The number of aromatic nitrogens is 2. The van der Waals surface area contributed by atoms with Gasteiger partial charge in [-0.3, -0.25) is 9.59 Å². The summed E-state index contributed by atoms with van der Waals surface area (Å²) in [4.78, 5) is 22.8. The maximum Gasteiger partial charge on any atom is 0.291 e. The summed E-state index contributed by atoms with van der Waals surface area (Å²) in [6.45, 7) is 1.24. The molecule has 0 aliphatic heterocycles. The number of nitrogens with one attached hydrogen (secondary N) is 1. The van der Waals surface area contributed by atoms with Gasteiger partial charge in [-0.2, -0.15) is 5.10 Å². The van der Waals surface area contributed by atoms with E-state index in [1.807, 2.05) is 0 Å². The van der Waals surface area contributed by atoms with Gasteiger partial charge in [-0.1, -0.05) is 11.6 Å². The van der Waals surface area contributed by atoms with Crippen molar-refractivity contribution in [2.24, 2.45) is 11.7 Å². The highest BCUT2D eigenvalue weighted by Crippen LogP contribution is 2.30. The number of amides is 1. The highest BCUT2D eigenvalue weighted by molar-refractivity contribution is 6.32. The van der Waals surface area contributed by atoms with E-state index in [1.165, 1.54) is 10.9 Å². The lowest BCUT2D eigenvalue weighted by Gasteiger charge is -2.10. The Bertz CT molecular complexity index is 540. The number of unbranched alkanes of at least 4 members (excludes halogenated alkanes) is 1. The monoisotopic (exact) mass is 298 g/mol. The highest BCUT2D eigenvalue weighted by Gasteiger charge is 2.23. The Kier molecular flexibility index (Phi) is 5.00. The molecule has 1 aliphatic rings. The number of nitrogens with two attached hydrogens (primary N) is 1. The summed E-state index contributed by atoms with van der Waals surface area (Å²) in [5, 5.41) is 7.42. The number of rotatable bonds is 8. The predicted molar refractivity (Wildman–Crippen MR) is 77.8 cm³/mol. The van der Waals surface area contributed by atoms with E-state index in [0.29, 0.717) is 42.6 Å². The van der Waals surface area contributed by atoms with Crippen LogP contribution in [0.3, 0.4) is 0 Å². The van der Waals surface area contributed by atoms with E-state index in [-0.39, 0.29) is 11.5 Å². The summed E-state index contributed by atoms with van der Waals surface area (Å²) >= 11 is 6.00. The number of nitrogens with zero attached hydrogens (tertiary/aromatic N) is 2. The first-order chi connectivity index (χ1) is 9.58. The molecule has 0 unspecified atom stereocenters. The third-order valence-corrected chi connectivity index (χ3v) is 3.56. The summed E-state index contributed by atoms with van der Waals surface area (Å²) in [5.74, 6) is 0.267. The number of primary amides is 1. The van der Waals surface area contributed by atoms with E-state index in [2.05, 4.69) is 10.4 Å². The number of anilines is 1. The summed E-state index contributed by atoms with van der Waals surface area (Å²) in [6, 6.07) is 0. The second-order valence-electron chi connectivity index (χ2n) is 5.15. The van der Waals surface area contributed by atoms with Gasteiger partial charge < -0.3 is 11.1 Å². The Balaban J connectivity index is 1.92. The summed E-state index contributed by atoms with van der Waals surface area (Å²) < 4.78 is 1.47. The first kappa shape index (κ1) is 14.8. The number of halogens is 1. The normalized spacial score (nSPS) is 14.2. The van der Waals surface area contributed by atoms with Crippen molar-refractivity contribution in [2.75, 3.05) is 11.9 Å². The molecule has 0 bridgehead atoms. The number of carbonyl (C=O) groups is 1. The van der Waals surface area contributed by atoms with Gasteiger partial charge in [0.15, 0.2) is 0 Å². The van der Waals surface area contributed by atoms with Gasteiger partial charge >= 0.3 is 0 Å². The van der Waals surface area contributed by atoms with Gasteiger partial charge in [0, 0.05) is 19.5 Å². The average molecular weight is 299 g/mol. The van der Waals surface area contributed by atoms with Crippen LogP contribution in [0.25, 0.3) is 0 Å². The highest BCUT2D eigenvalue weighted by atomic mass is 35.5. The molecule has 0 radical (unpaired) electrons. The van der Waals surface area contributed by atoms with Crippen molar-refractivity contribution in [2.45, 2.75) is 38.6 Å². The fraction of sp³-hybridized carbons (Fsp3) is 0.615. The maximum absolute atomic E-state index is 12.2. The molecule has 0 aromatic carbocycles. The topological polar surface area (TPSA) is 90.0 Å². The third kappa shape index (κ3) is 4.23. The lowest BCUT2D eigenvalue weighted by molar-refractivity contribution is -0.118. The second-order valence-corrected chi connectivity index (χ2v) is 5.56. The van der Waals surface area contributed by atoms with Gasteiger partial charge in [-0.25, -0.2) is 4.68 Å². The van der Waals surface area contributed by atoms with Crippen LogP contribution in [0.5, 0.6) is 0 Å². The molecule has 20 heavy (non-hydrogen) atoms. The van der Waals surface area contributed by atoms with E-state index >= 15 is 0 Å². The van der Waals surface area contributed by atoms with Gasteiger partial charge in [0.25, 0.3) is 5.56 Å². The molecule has 6 nitrogen and oxygen atoms in total. The first-order valence-electron chi connectivity index (χ1n) is 6.85. The zero-order valence-electron chi connectivity index (χ0n) is 11.3. The maximum atomic E-state index is 12.2. The van der Waals surface area contributed by atoms with Gasteiger partial charge in [-0.05, 0) is 31.6 Å². The van der Waals surface area contributed by atoms with Crippen LogP contribution in [0, 0.1) is 5.92 Å². The van der Waals surface area contributed by atoms with E-state index in [4.69, 9.17) is 17.3 Å². The van der Waals surface area contributed by atoms with Crippen LogP contribution >= 0.6 is 11.6 Å². The van der Waals surface area contributed by atoms with Crippen LogP contribution in [-0.4, -0.2) is 22.2 Å². The standard InChI is InChI=1S/C13H19ClN4O2/c14-10-7-17-18(8-9-4-5-9)13(20)12(10)16-6-2-1-3-11(15)19/h7,9,16H,1-6,8H2,(H2,15,19). The minimum Gasteiger partial charge on any atom is -0.379 e. The van der Waals surface area contributed by atoms with Crippen molar-refractivity contribution >= 4 is 23.2 Å². The van der Waals surface area contributed by atoms with Crippen molar-refractivity contribution in [3.05, 3.63) is 21.6 Å². The average Bonchev–Trinajstić information content (AvgIpc) is 3.20. The molecule has 7 heteroatoms. The Morgan fingerprint density at radius 1 is 1.50 bits per heavy atom. The predicted octanol–water partition coefficient (Wildman–Crippen LogP) is 1.37. The van der Waals surface area contributed by atoms with E-state index in [9.17, 15) is 9.59 Å². The van der Waals surface area contributed by atoms with Crippen molar-refractivity contribution in [1.82, 2.24) is 9.78 Å². The molecular formula is C13H19ClN4O2. The van der Waals surface area contributed by atoms with Gasteiger partial charge in [0.1, 0.15) is 5.69 Å². The zero-order valence-corrected chi connectivity index (χ0v) is 12.0. The van der Waals surface area contributed by atoms with Crippen LogP contribution in [0.4, 0.5) is 5.69 Å². The molecule has 2 rings (SSSR count). The van der Waals surface area contributed by atoms with Crippen molar-refractivity contribution in [1.29, 1.82) is 0 Å². The minimum atomic E-state index is -0.307. The van der Waals surface area contributed by atoms with E-state index < -0.39 is 0 Å². The van der Waals surface area contributed by atoms with Gasteiger partial charge in [0.05, 0.1) is 11.2 Å². The lowest BCUT2D eigenvalue weighted by Crippen LogP contribution is -2.27. The van der Waals surface area contributed by atoms with Gasteiger partial charge in [-0.15, -0.1) is 0 Å². The molecule has 1 fully saturated rings. The van der Waals surface area contributed by atoms with Crippen LogP contribution < -0.4 is 16.6 Å². The molecule has 0 spiro atoms. The first-order valence-corrected chi connectivity index (χ1v) is 7.23. The molecule has 1 aromatic rings. The third-order valence-electron chi connectivity index (χ3n) is 3.28. The Morgan fingerprint density at radius 2 is 2.25 bits per heavy atom. The fourth-order valence-electron chi connectivity index (χ4n) is 1.94. The molecule has 3 N–H and O–H groups in total. The SMILES string of the molecule is NC(=O)CCCCNc1c(Cl)cnn(CC2CC2)c1=O. The number of carbonyl (C=O) groups excluding carboxylic acids is 1. The van der Waals surface area contributed by atoms with Crippen LogP contribution in [0.2, 0.25) is 5.02 Å². The Labute approximate surface area is 122 Å². The van der Waals surface area contributed by atoms with Crippen molar-refractivity contribution < 1.29 is 4.79 Å². The molecule has 110 valence electrons. The molecule has 1 aliphatic carbocycles. The molecule has 1 heterocycles. The lowest BCUT2D eigenvalue weighted by atomic mass is 10.2. The zero-order chi connectivity index (χ0) is 14.5. The number of hydrogen-bond acceptors (Lipinski definition) is 4. The minimum absolute atomic E-state index is 0.181. The van der Waals surface area contributed by atoms with Crippen molar-refractivity contribution in [3.8, 4) is 0 Å². The summed E-state index contributed by atoms with van der Waals surface area (Å²) in [6.07, 6.45) is 5.62. The van der Waals surface area contributed by atoms with Crippen LogP contribution in [0.15, 0.2) is 11.0 Å². The molecule has 1 saturated carbocycles. The molecular weight excluding hydrogens is 280 g/mol. The van der Waals surface area contributed by atoms with Crippen LogP contribution in [0.1, 0.15) is 32.1 Å². The van der Waals surface area contributed by atoms with Crippen molar-refractivity contribution in [3.63, 3.8) is 0 Å². The smallest absolute Gasteiger partial charge is 0.291 e. The fourth-order valence-corrected chi connectivity index (χ4v) is 2.13. The number of hydrogen-bond donors (Lipinski definition) is 2. The Hall–Kier alpha value is -1.56. The summed E-state index contributed by atoms with van der Waals surface area (Å²) in [5.41, 5.74) is 5.27. The van der Waals surface area contributed by atoms with Crippen LogP contribution in [-0.2, 0) is 11.3 Å². The molecule has 1 aromatic heterocycles.